The van der Waals surface area contributed by atoms with Gasteiger partial charge in [0.25, 0.3) is 0 Å². The van der Waals surface area contributed by atoms with Gasteiger partial charge in [0.15, 0.2) is 5.78 Å². The van der Waals surface area contributed by atoms with Crippen molar-refractivity contribution in [3.63, 3.8) is 0 Å². The molecule has 14 heavy (non-hydrogen) atoms. The zero-order valence-electron chi connectivity index (χ0n) is 9.55. The van der Waals surface area contributed by atoms with Crippen LogP contribution in [0.15, 0.2) is 16.3 Å². The molecule has 0 saturated carbocycles. The van der Waals surface area contributed by atoms with E-state index in [1.807, 2.05) is 13.8 Å². The monoisotopic (exact) mass is 193 g/mol. The van der Waals surface area contributed by atoms with Crippen molar-refractivity contribution in [3.05, 3.63) is 11.3 Å². The van der Waals surface area contributed by atoms with E-state index in [4.69, 9.17) is 0 Å². The van der Waals surface area contributed by atoms with Crippen LogP contribution in [0.5, 0.6) is 0 Å². The minimum absolute atomic E-state index is 0.0809. The molecule has 78 valence electrons. The van der Waals surface area contributed by atoms with E-state index in [1.165, 1.54) is 0 Å². The molecule has 0 aromatic heterocycles. The summed E-state index contributed by atoms with van der Waals surface area (Å²) in [5, 5.41) is 0. The lowest BCUT2D eigenvalue weighted by molar-refractivity contribution is -0.118. The molecule has 1 aliphatic rings. The lowest BCUT2D eigenvalue weighted by Crippen LogP contribution is -2.25. The van der Waals surface area contributed by atoms with Gasteiger partial charge in [-0.2, -0.15) is 0 Å². The largest absolute Gasteiger partial charge is 0.294 e. The Morgan fingerprint density at radius 2 is 2.07 bits per heavy atom. The lowest BCUT2D eigenvalue weighted by Gasteiger charge is -2.30. The number of nitrogens with zero attached hydrogens (tertiary/aromatic N) is 1. The first-order valence-electron chi connectivity index (χ1n) is 5.24. The number of aliphatic imine (C=N–C) groups is 1. The Hall–Kier alpha value is -0.920. The van der Waals surface area contributed by atoms with Gasteiger partial charge in [0.05, 0.1) is 0 Å². The SMILES string of the molecule is C/C=N\C1=C(CC)C(=O)CC(C)(C)C1. The Bertz CT molecular complexity index is 297. The summed E-state index contributed by atoms with van der Waals surface area (Å²) in [6.07, 6.45) is 4.17. The van der Waals surface area contributed by atoms with Gasteiger partial charge in [-0.1, -0.05) is 20.8 Å². The second kappa shape index (κ2) is 4.07. The van der Waals surface area contributed by atoms with E-state index in [0.717, 1.165) is 24.1 Å². The molecule has 0 radical (unpaired) electrons. The molecule has 0 fully saturated rings. The van der Waals surface area contributed by atoms with Gasteiger partial charge in [0.2, 0.25) is 0 Å². The lowest BCUT2D eigenvalue weighted by atomic mass is 9.75. The third-order valence-electron chi connectivity index (χ3n) is 2.61. The minimum atomic E-state index is 0.0809. The molecule has 0 saturated heterocycles. The van der Waals surface area contributed by atoms with E-state index in [-0.39, 0.29) is 11.2 Å². The number of hydrogen-bond acceptors (Lipinski definition) is 2. The molecular formula is C12H19NO. The van der Waals surface area contributed by atoms with Crippen LogP contribution in [-0.2, 0) is 4.79 Å². The van der Waals surface area contributed by atoms with Crippen LogP contribution in [0, 0.1) is 5.41 Å². The van der Waals surface area contributed by atoms with Crippen molar-refractivity contribution in [3.8, 4) is 0 Å². The first-order valence-corrected chi connectivity index (χ1v) is 5.24. The third-order valence-corrected chi connectivity index (χ3v) is 2.61. The predicted octanol–water partition coefficient (Wildman–Crippen LogP) is 3.13. The number of allylic oxidation sites excluding steroid dienone is 2. The molecule has 1 aliphatic carbocycles. The zero-order valence-corrected chi connectivity index (χ0v) is 9.55. The first-order chi connectivity index (χ1) is 6.50. The van der Waals surface area contributed by atoms with Gasteiger partial charge in [0.1, 0.15) is 0 Å². The summed E-state index contributed by atoms with van der Waals surface area (Å²) >= 11 is 0. The highest BCUT2D eigenvalue weighted by Gasteiger charge is 2.31. The van der Waals surface area contributed by atoms with Gasteiger partial charge in [0, 0.05) is 23.9 Å². The van der Waals surface area contributed by atoms with Crippen LogP contribution in [0.25, 0.3) is 0 Å². The van der Waals surface area contributed by atoms with Crippen molar-refractivity contribution in [2.45, 2.75) is 47.0 Å². The fraction of sp³-hybridized carbons (Fsp3) is 0.667. The molecule has 0 aromatic rings. The predicted molar refractivity (Wildman–Crippen MR) is 59.5 cm³/mol. The van der Waals surface area contributed by atoms with Gasteiger partial charge in [-0.25, -0.2) is 0 Å². The molecule has 1 rings (SSSR count). The zero-order chi connectivity index (χ0) is 10.8. The normalized spacial score (nSPS) is 22.1. The Labute approximate surface area is 86.1 Å². The summed E-state index contributed by atoms with van der Waals surface area (Å²) in [4.78, 5) is 16.1. The van der Waals surface area contributed by atoms with Crippen LogP contribution in [-0.4, -0.2) is 12.0 Å². The molecule has 0 amide bonds. The van der Waals surface area contributed by atoms with Gasteiger partial charge in [-0.3, -0.25) is 9.79 Å². The average Bonchev–Trinajstić information content (AvgIpc) is 2.02. The Kier molecular flexibility index (Phi) is 3.25. The van der Waals surface area contributed by atoms with Crippen LogP contribution >= 0.6 is 0 Å². The van der Waals surface area contributed by atoms with Crippen LogP contribution in [0.1, 0.15) is 47.0 Å². The van der Waals surface area contributed by atoms with Crippen LogP contribution in [0.3, 0.4) is 0 Å². The van der Waals surface area contributed by atoms with E-state index in [9.17, 15) is 4.79 Å². The van der Waals surface area contributed by atoms with E-state index in [1.54, 1.807) is 6.21 Å². The fourth-order valence-corrected chi connectivity index (χ4v) is 2.01. The second-order valence-electron chi connectivity index (χ2n) is 4.61. The van der Waals surface area contributed by atoms with E-state index in [2.05, 4.69) is 18.8 Å². The Morgan fingerprint density at radius 1 is 1.43 bits per heavy atom. The molecular weight excluding hydrogens is 174 g/mol. The van der Waals surface area contributed by atoms with Gasteiger partial charge in [-0.05, 0) is 25.2 Å². The van der Waals surface area contributed by atoms with Crippen LogP contribution in [0.4, 0.5) is 0 Å². The molecule has 0 spiro atoms. The topological polar surface area (TPSA) is 29.4 Å². The minimum Gasteiger partial charge on any atom is -0.294 e. The molecule has 0 N–H and O–H groups in total. The van der Waals surface area contributed by atoms with Gasteiger partial charge < -0.3 is 0 Å². The maximum Gasteiger partial charge on any atom is 0.161 e. The van der Waals surface area contributed by atoms with Crippen molar-refractivity contribution in [1.82, 2.24) is 0 Å². The molecule has 0 aromatic carbocycles. The number of ketones is 1. The number of rotatable bonds is 2. The average molecular weight is 193 g/mol. The summed E-state index contributed by atoms with van der Waals surface area (Å²) in [6.45, 7) is 8.17. The highest BCUT2D eigenvalue weighted by molar-refractivity contribution is 5.97. The van der Waals surface area contributed by atoms with E-state index in [0.29, 0.717) is 6.42 Å². The summed E-state index contributed by atoms with van der Waals surface area (Å²) in [6, 6.07) is 0. The van der Waals surface area contributed by atoms with E-state index >= 15 is 0 Å². The molecule has 2 heteroatoms. The highest BCUT2D eigenvalue weighted by Crippen LogP contribution is 2.37. The quantitative estimate of drug-likeness (QED) is 0.619. The van der Waals surface area contributed by atoms with Crippen molar-refractivity contribution in [2.24, 2.45) is 10.4 Å². The van der Waals surface area contributed by atoms with Crippen LogP contribution < -0.4 is 0 Å². The van der Waals surface area contributed by atoms with Gasteiger partial charge >= 0.3 is 0 Å². The maximum absolute atomic E-state index is 11.8. The van der Waals surface area contributed by atoms with Gasteiger partial charge in [-0.15, -0.1) is 0 Å². The molecule has 0 unspecified atom stereocenters. The maximum atomic E-state index is 11.8. The standard InChI is InChI=1S/C12H19NO/c1-5-9-10(13-6-2)7-12(3,4)8-11(9)14/h6H,5,7-8H2,1-4H3/b13-6-. The molecule has 0 atom stereocenters. The van der Waals surface area contributed by atoms with Crippen LogP contribution in [0.2, 0.25) is 0 Å². The smallest absolute Gasteiger partial charge is 0.161 e. The first kappa shape index (κ1) is 11.2. The third kappa shape index (κ3) is 2.31. The van der Waals surface area contributed by atoms with Crippen molar-refractivity contribution >= 4 is 12.0 Å². The second-order valence-corrected chi connectivity index (χ2v) is 4.61. The van der Waals surface area contributed by atoms with Crippen molar-refractivity contribution < 1.29 is 4.79 Å². The highest BCUT2D eigenvalue weighted by atomic mass is 16.1. The Morgan fingerprint density at radius 3 is 2.57 bits per heavy atom. The number of carbonyl (C=O) groups is 1. The van der Waals surface area contributed by atoms with Crippen molar-refractivity contribution in [1.29, 1.82) is 0 Å². The van der Waals surface area contributed by atoms with Crippen molar-refractivity contribution in [2.75, 3.05) is 0 Å². The summed E-state index contributed by atoms with van der Waals surface area (Å²) in [5.41, 5.74) is 2.01. The number of carbonyl (C=O) groups excluding carboxylic acids is 1. The summed E-state index contributed by atoms with van der Waals surface area (Å²) < 4.78 is 0. The van der Waals surface area contributed by atoms with E-state index < -0.39 is 0 Å². The number of Topliss-reactive ketones (excluding diaryl/α,β-unsaturated/α-hetero) is 1. The molecule has 0 heterocycles. The molecule has 2 nitrogen and oxygen atoms in total. The summed E-state index contributed by atoms with van der Waals surface area (Å²) in [5.74, 6) is 0.282. The Balaban J connectivity index is 3.08. The fourth-order valence-electron chi connectivity index (χ4n) is 2.01. The number of hydrogen-bond donors (Lipinski definition) is 0. The summed E-state index contributed by atoms with van der Waals surface area (Å²) in [7, 11) is 0. The molecule has 0 bridgehead atoms. The molecule has 0 aliphatic heterocycles.